The van der Waals surface area contributed by atoms with Crippen molar-refractivity contribution in [3.8, 4) is 5.75 Å². The van der Waals surface area contributed by atoms with E-state index in [0.29, 0.717) is 18.1 Å². The molecule has 0 heterocycles. The Morgan fingerprint density at radius 3 is 2.35 bits per heavy atom. The van der Waals surface area contributed by atoms with Crippen molar-refractivity contribution in [2.75, 3.05) is 0 Å². The molecule has 0 spiro atoms. The summed E-state index contributed by atoms with van der Waals surface area (Å²) in [5, 5.41) is 9.00. The molecule has 1 atom stereocenters. The van der Waals surface area contributed by atoms with Crippen LogP contribution in [-0.4, -0.2) is 17.2 Å². The highest BCUT2D eigenvalue weighted by molar-refractivity contribution is 5.72. The largest absolute Gasteiger partial charge is 0.479 e. The van der Waals surface area contributed by atoms with Gasteiger partial charge in [-0.1, -0.05) is 13.8 Å². The van der Waals surface area contributed by atoms with Crippen molar-refractivity contribution in [1.29, 1.82) is 0 Å². The highest BCUT2D eigenvalue weighted by atomic mass is 19.1. The number of carboxylic acids is 1. The first-order chi connectivity index (χ1) is 7.99. The molecular formula is C13H17FO3. The maximum atomic E-state index is 12.7. The van der Waals surface area contributed by atoms with Gasteiger partial charge in [0.2, 0.25) is 0 Å². The summed E-state index contributed by atoms with van der Waals surface area (Å²) in [6.07, 6.45) is 0.352. The molecule has 1 rings (SSSR count). The first kappa shape index (κ1) is 13.5. The SMILES string of the molecule is CC(C)CCC(Oc1ccc(F)cc1)C(=O)O. The van der Waals surface area contributed by atoms with E-state index in [0.717, 1.165) is 6.42 Å². The van der Waals surface area contributed by atoms with Gasteiger partial charge in [-0.25, -0.2) is 9.18 Å². The Morgan fingerprint density at radius 1 is 1.29 bits per heavy atom. The second-order valence-corrected chi connectivity index (χ2v) is 4.37. The average molecular weight is 240 g/mol. The Bertz CT molecular complexity index is 359. The summed E-state index contributed by atoms with van der Waals surface area (Å²) in [6.45, 7) is 4.05. The standard InChI is InChI=1S/C13H17FO3/c1-9(2)3-8-12(13(15)16)17-11-6-4-10(14)5-7-11/h4-7,9,12H,3,8H2,1-2H3,(H,15,16). The third-order valence-electron chi connectivity index (χ3n) is 2.37. The molecule has 17 heavy (non-hydrogen) atoms. The van der Waals surface area contributed by atoms with Gasteiger partial charge in [0.25, 0.3) is 0 Å². The molecule has 0 saturated carbocycles. The van der Waals surface area contributed by atoms with Crippen molar-refractivity contribution in [3.05, 3.63) is 30.1 Å². The molecule has 0 fully saturated rings. The van der Waals surface area contributed by atoms with E-state index in [2.05, 4.69) is 0 Å². The predicted octanol–water partition coefficient (Wildman–Crippen LogP) is 3.09. The monoisotopic (exact) mass is 240 g/mol. The zero-order chi connectivity index (χ0) is 12.8. The van der Waals surface area contributed by atoms with Crippen molar-refractivity contribution in [2.45, 2.75) is 32.8 Å². The fraction of sp³-hybridized carbons (Fsp3) is 0.462. The molecule has 0 bridgehead atoms. The lowest BCUT2D eigenvalue weighted by Gasteiger charge is -2.16. The quantitative estimate of drug-likeness (QED) is 0.831. The molecular weight excluding hydrogens is 223 g/mol. The second-order valence-electron chi connectivity index (χ2n) is 4.37. The summed E-state index contributed by atoms with van der Waals surface area (Å²) in [7, 11) is 0. The molecule has 1 unspecified atom stereocenters. The smallest absolute Gasteiger partial charge is 0.344 e. The van der Waals surface area contributed by atoms with Crippen LogP contribution in [0.2, 0.25) is 0 Å². The molecule has 1 N–H and O–H groups in total. The molecule has 1 aromatic rings. The molecule has 0 aliphatic carbocycles. The molecule has 4 heteroatoms. The lowest BCUT2D eigenvalue weighted by Crippen LogP contribution is -2.27. The van der Waals surface area contributed by atoms with Gasteiger partial charge in [-0.05, 0) is 43.0 Å². The summed E-state index contributed by atoms with van der Waals surface area (Å²) < 4.78 is 18.0. The number of carbonyl (C=O) groups is 1. The van der Waals surface area contributed by atoms with Crippen LogP contribution in [0.5, 0.6) is 5.75 Å². The number of rotatable bonds is 6. The van der Waals surface area contributed by atoms with Crippen LogP contribution in [0.25, 0.3) is 0 Å². The molecule has 0 saturated heterocycles. The van der Waals surface area contributed by atoms with Gasteiger partial charge < -0.3 is 9.84 Å². The highest BCUT2D eigenvalue weighted by Gasteiger charge is 2.19. The molecule has 1 aromatic carbocycles. The van der Waals surface area contributed by atoms with Crippen LogP contribution in [0.4, 0.5) is 4.39 Å². The lowest BCUT2D eigenvalue weighted by molar-refractivity contribution is -0.145. The number of ether oxygens (including phenoxy) is 1. The van der Waals surface area contributed by atoms with Gasteiger partial charge in [0.05, 0.1) is 0 Å². The van der Waals surface area contributed by atoms with Gasteiger partial charge in [-0.15, -0.1) is 0 Å². The van der Waals surface area contributed by atoms with E-state index in [4.69, 9.17) is 9.84 Å². The average Bonchev–Trinajstić information content (AvgIpc) is 2.26. The van der Waals surface area contributed by atoms with Crippen LogP contribution in [0.1, 0.15) is 26.7 Å². The van der Waals surface area contributed by atoms with Crippen LogP contribution in [0.15, 0.2) is 24.3 Å². The third-order valence-corrected chi connectivity index (χ3v) is 2.37. The maximum absolute atomic E-state index is 12.7. The summed E-state index contributed by atoms with van der Waals surface area (Å²) >= 11 is 0. The van der Waals surface area contributed by atoms with E-state index in [-0.39, 0.29) is 5.82 Å². The Hall–Kier alpha value is -1.58. The number of benzene rings is 1. The second kappa shape index (κ2) is 6.23. The number of aliphatic carboxylic acids is 1. The molecule has 0 amide bonds. The zero-order valence-electron chi connectivity index (χ0n) is 10.0. The number of hydrogen-bond acceptors (Lipinski definition) is 2. The fourth-order valence-electron chi connectivity index (χ4n) is 1.39. The van der Waals surface area contributed by atoms with Crippen LogP contribution >= 0.6 is 0 Å². The van der Waals surface area contributed by atoms with Crippen molar-refractivity contribution < 1.29 is 19.0 Å². The van der Waals surface area contributed by atoms with E-state index in [9.17, 15) is 9.18 Å². The van der Waals surface area contributed by atoms with Crippen LogP contribution in [0, 0.1) is 11.7 Å². The van der Waals surface area contributed by atoms with Gasteiger partial charge in [0.15, 0.2) is 6.10 Å². The van der Waals surface area contributed by atoms with Crippen LogP contribution < -0.4 is 4.74 Å². The Kier molecular flexibility index (Phi) is 4.94. The first-order valence-electron chi connectivity index (χ1n) is 5.64. The van der Waals surface area contributed by atoms with Gasteiger partial charge >= 0.3 is 5.97 Å². The van der Waals surface area contributed by atoms with Crippen LogP contribution in [-0.2, 0) is 4.79 Å². The summed E-state index contributed by atoms with van der Waals surface area (Å²) in [5.41, 5.74) is 0. The van der Waals surface area contributed by atoms with Gasteiger partial charge in [-0.2, -0.15) is 0 Å². The molecule has 0 radical (unpaired) electrons. The number of carboxylic acid groups (broad SMARTS) is 1. The number of hydrogen-bond donors (Lipinski definition) is 1. The molecule has 94 valence electrons. The molecule has 3 nitrogen and oxygen atoms in total. The lowest BCUT2D eigenvalue weighted by atomic mass is 10.1. The summed E-state index contributed by atoms with van der Waals surface area (Å²) in [4.78, 5) is 11.0. The van der Waals surface area contributed by atoms with Gasteiger partial charge in [-0.3, -0.25) is 0 Å². The number of halogens is 1. The highest BCUT2D eigenvalue weighted by Crippen LogP contribution is 2.16. The molecule has 0 aliphatic rings. The fourth-order valence-corrected chi connectivity index (χ4v) is 1.39. The predicted molar refractivity (Wildman–Crippen MR) is 62.5 cm³/mol. The Morgan fingerprint density at radius 2 is 1.88 bits per heavy atom. The molecule has 0 aliphatic heterocycles. The van der Waals surface area contributed by atoms with Gasteiger partial charge in [0.1, 0.15) is 11.6 Å². The molecule has 0 aromatic heterocycles. The summed E-state index contributed by atoms with van der Waals surface area (Å²) in [5.74, 6) is -0.558. The van der Waals surface area contributed by atoms with E-state index in [1.54, 1.807) is 0 Å². The van der Waals surface area contributed by atoms with Gasteiger partial charge in [0, 0.05) is 0 Å². The van der Waals surface area contributed by atoms with E-state index >= 15 is 0 Å². The van der Waals surface area contributed by atoms with Crippen molar-refractivity contribution >= 4 is 5.97 Å². The minimum Gasteiger partial charge on any atom is -0.479 e. The summed E-state index contributed by atoms with van der Waals surface area (Å²) in [6, 6.07) is 5.36. The first-order valence-corrected chi connectivity index (χ1v) is 5.64. The van der Waals surface area contributed by atoms with E-state index in [1.165, 1.54) is 24.3 Å². The Labute approximate surface area is 100 Å². The third kappa shape index (κ3) is 4.85. The van der Waals surface area contributed by atoms with E-state index < -0.39 is 12.1 Å². The zero-order valence-corrected chi connectivity index (χ0v) is 10.0. The van der Waals surface area contributed by atoms with Crippen molar-refractivity contribution in [3.63, 3.8) is 0 Å². The van der Waals surface area contributed by atoms with Crippen LogP contribution in [0.3, 0.4) is 0 Å². The minimum absolute atomic E-state index is 0.369. The topological polar surface area (TPSA) is 46.5 Å². The van der Waals surface area contributed by atoms with Crippen molar-refractivity contribution in [1.82, 2.24) is 0 Å². The Balaban J connectivity index is 2.60. The van der Waals surface area contributed by atoms with E-state index in [1.807, 2.05) is 13.8 Å². The maximum Gasteiger partial charge on any atom is 0.344 e. The minimum atomic E-state index is -0.991. The normalized spacial score (nSPS) is 12.5. The van der Waals surface area contributed by atoms with Crippen molar-refractivity contribution in [2.24, 2.45) is 5.92 Å².